The summed E-state index contributed by atoms with van der Waals surface area (Å²) in [6.07, 6.45) is 7.85. The minimum atomic E-state index is 0.0259. The lowest BCUT2D eigenvalue weighted by Crippen LogP contribution is -2.31. The molecule has 150 valence electrons. The first-order valence-corrected chi connectivity index (χ1v) is 10.4. The fourth-order valence-corrected chi connectivity index (χ4v) is 4.28. The van der Waals surface area contributed by atoms with Crippen molar-refractivity contribution >= 4 is 17.5 Å². The quantitative estimate of drug-likeness (QED) is 0.804. The van der Waals surface area contributed by atoms with Gasteiger partial charge in [0.2, 0.25) is 11.8 Å². The van der Waals surface area contributed by atoms with Gasteiger partial charge in [-0.05, 0) is 48.6 Å². The zero-order valence-electron chi connectivity index (χ0n) is 16.6. The number of pyridine rings is 1. The number of amides is 2. The zero-order chi connectivity index (χ0) is 20.0. The van der Waals surface area contributed by atoms with E-state index in [1.807, 2.05) is 36.3 Å². The first-order chi connectivity index (χ1) is 14.1. The van der Waals surface area contributed by atoms with E-state index in [9.17, 15) is 9.59 Å². The van der Waals surface area contributed by atoms with E-state index in [1.54, 1.807) is 11.1 Å². The number of hydrogen-bond donors (Lipinski definition) is 0. The number of nitrogens with zero attached hydrogens (tertiary/aromatic N) is 3. The summed E-state index contributed by atoms with van der Waals surface area (Å²) in [6.45, 7) is 1.45. The Bertz CT molecular complexity index is 970. The van der Waals surface area contributed by atoms with E-state index in [0.717, 1.165) is 54.8 Å². The Morgan fingerprint density at radius 2 is 1.97 bits per heavy atom. The van der Waals surface area contributed by atoms with Crippen LogP contribution in [-0.2, 0) is 16.0 Å². The molecule has 0 N–H and O–H groups in total. The molecule has 2 aromatic rings. The van der Waals surface area contributed by atoms with Crippen molar-refractivity contribution < 1.29 is 14.3 Å². The molecular formula is C23H25N3O3. The lowest BCUT2D eigenvalue weighted by Gasteiger charge is -2.26. The van der Waals surface area contributed by atoms with E-state index in [-0.39, 0.29) is 17.9 Å². The van der Waals surface area contributed by atoms with Gasteiger partial charge in [0.25, 0.3) is 0 Å². The van der Waals surface area contributed by atoms with E-state index in [4.69, 9.17) is 4.74 Å². The number of rotatable bonds is 4. The molecule has 3 heterocycles. The van der Waals surface area contributed by atoms with E-state index < -0.39 is 0 Å². The summed E-state index contributed by atoms with van der Waals surface area (Å²) in [5.41, 5.74) is 4.23. The summed E-state index contributed by atoms with van der Waals surface area (Å²) in [4.78, 5) is 32.2. The number of aromatic nitrogens is 1. The van der Waals surface area contributed by atoms with Crippen molar-refractivity contribution in [1.82, 2.24) is 9.88 Å². The number of likely N-dealkylation sites (tertiary alicyclic amines) is 1. The SMILES string of the molecule is CN1C(=O)CCc2cc(-c3cncc(OC4CCN(C(=O)C5CC5)C4)c3)ccc21. The van der Waals surface area contributed by atoms with Crippen LogP contribution in [0.25, 0.3) is 11.1 Å². The molecule has 6 heteroatoms. The fourth-order valence-electron chi connectivity index (χ4n) is 4.28. The molecule has 5 rings (SSSR count). The van der Waals surface area contributed by atoms with Gasteiger partial charge in [-0.15, -0.1) is 0 Å². The van der Waals surface area contributed by atoms with Gasteiger partial charge in [-0.25, -0.2) is 0 Å². The number of benzene rings is 1. The molecular weight excluding hydrogens is 366 g/mol. The Morgan fingerprint density at radius 1 is 1.10 bits per heavy atom. The Labute approximate surface area is 170 Å². The molecule has 1 saturated carbocycles. The van der Waals surface area contributed by atoms with Gasteiger partial charge < -0.3 is 14.5 Å². The molecule has 1 aromatic carbocycles. The Hall–Kier alpha value is -2.89. The molecule has 0 spiro atoms. The summed E-state index contributed by atoms with van der Waals surface area (Å²) in [5.74, 6) is 1.45. The number of anilines is 1. The highest BCUT2D eigenvalue weighted by molar-refractivity contribution is 5.96. The first kappa shape index (κ1) is 18.2. The lowest BCUT2D eigenvalue weighted by atomic mass is 9.97. The van der Waals surface area contributed by atoms with Gasteiger partial charge in [0, 0.05) is 49.8 Å². The van der Waals surface area contributed by atoms with Crippen molar-refractivity contribution in [2.75, 3.05) is 25.0 Å². The summed E-state index contributed by atoms with van der Waals surface area (Å²) in [7, 11) is 1.83. The van der Waals surface area contributed by atoms with Crippen LogP contribution < -0.4 is 9.64 Å². The van der Waals surface area contributed by atoms with Crippen molar-refractivity contribution in [1.29, 1.82) is 0 Å². The smallest absolute Gasteiger partial charge is 0.227 e. The third-order valence-electron chi connectivity index (χ3n) is 6.16. The highest BCUT2D eigenvalue weighted by atomic mass is 16.5. The standard InChI is InChI=1S/C23H25N3O3/c1-25-21-6-4-16(10-17(21)5-7-22(25)27)18-11-20(13-24-12-18)29-19-8-9-26(14-19)23(28)15-2-3-15/h4,6,10-13,15,19H,2-3,5,7-9,14H2,1H3. The minimum Gasteiger partial charge on any atom is -0.487 e. The summed E-state index contributed by atoms with van der Waals surface area (Å²) in [6, 6.07) is 8.19. The Balaban J connectivity index is 1.30. The topological polar surface area (TPSA) is 62.7 Å². The van der Waals surface area contributed by atoms with Gasteiger partial charge in [-0.2, -0.15) is 0 Å². The van der Waals surface area contributed by atoms with Crippen molar-refractivity contribution in [3.05, 3.63) is 42.2 Å². The molecule has 0 radical (unpaired) electrons. The van der Waals surface area contributed by atoms with Crippen LogP contribution in [0.2, 0.25) is 0 Å². The van der Waals surface area contributed by atoms with Crippen LogP contribution in [0.4, 0.5) is 5.69 Å². The minimum absolute atomic E-state index is 0.0259. The molecule has 1 aliphatic carbocycles. The third kappa shape index (κ3) is 3.59. The normalized spacial score (nSPS) is 21.3. The fraction of sp³-hybridized carbons (Fsp3) is 0.435. The van der Waals surface area contributed by atoms with Crippen LogP contribution in [0.15, 0.2) is 36.7 Å². The second-order valence-electron chi connectivity index (χ2n) is 8.29. The summed E-state index contributed by atoms with van der Waals surface area (Å²) < 4.78 is 6.15. The van der Waals surface area contributed by atoms with Gasteiger partial charge in [0.1, 0.15) is 11.9 Å². The highest BCUT2D eigenvalue weighted by Gasteiger charge is 2.37. The molecule has 2 fully saturated rings. The molecule has 6 nitrogen and oxygen atoms in total. The predicted octanol–water partition coefficient (Wildman–Crippen LogP) is 3.05. The number of ether oxygens (including phenoxy) is 1. The number of fused-ring (bicyclic) bond motifs is 1. The van der Waals surface area contributed by atoms with Gasteiger partial charge in [0.15, 0.2) is 0 Å². The highest BCUT2D eigenvalue weighted by Crippen LogP contribution is 2.34. The van der Waals surface area contributed by atoms with Crippen molar-refractivity contribution in [2.45, 2.75) is 38.2 Å². The molecule has 1 atom stereocenters. The molecule has 1 aromatic heterocycles. The average molecular weight is 391 g/mol. The molecule has 2 amide bonds. The molecule has 29 heavy (non-hydrogen) atoms. The van der Waals surface area contributed by atoms with Crippen molar-refractivity contribution in [3.63, 3.8) is 0 Å². The molecule has 1 unspecified atom stereocenters. The predicted molar refractivity (Wildman–Crippen MR) is 110 cm³/mol. The largest absolute Gasteiger partial charge is 0.487 e. The zero-order valence-corrected chi connectivity index (χ0v) is 16.6. The van der Waals surface area contributed by atoms with Crippen LogP contribution in [0.1, 0.15) is 31.2 Å². The van der Waals surface area contributed by atoms with Crippen LogP contribution >= 0.6 is 0 Å². The lowest BCUT2D eigenvalue weighted by molar-refractivity contribution is -0.131. The van der Waals surface area contributed by atoms with E-state index in [2.05, 4.69) is 11.1 Å². The number of hydrogen-bond acceptors (Lipinski definition) is 4. The maximum Gasteiger partial charge on any atom is 0.227 e. The van der Waals surface area contributed by atoms with Gasteiger partial charge in [-0.3, -0.25) is 14.6 Å². The van der Waals surface area contributed by atoms with E-state index in [1.165, 1.54) is 5.56 Å². The monoisotopic (exact) mass is 391 g/mol. The maximum absolute atomic E-state index is 12.2. The van der Waals surface area contributed by atoms with Crippen LogP contribution in [0.5, 0.6) is 5.75 Å². The molecule has 1 saturated heterocycles. The van der Waals surface area contributed by atoms with Crippen molar-refractivity contribution in [2.24, 2.45) is 5.92 Å². The Kier molecular flexibility index (Phi) is 4.49. The van der Waals surface area contributed by atoms with E-state index >= 15 is 0 Å². The van der Waals surface area contributed by atoms with E-state index in [0.29, 0.717) is 18.9 Å². The maximum atomic E-state index is 12.2. The number of aryl methyl sites for hydroxylation is 1. The van der Waals surface area contributed by atoms with Crippen LogP contribution in [-0.4, -0.2) is 47.9 Å². The number of carbonyl (C=O) groups is 2. The summed E-state index contributed by atoms with van der Waals surface area (Å²) in [5, 5.41) is 0. The van der Waals surface area contributed by atoms with Gasteiger partial charge in [0.05, 0.1) is 12.7 Å². The van der Waals surface area contributed by atoms with Gasteiger partial charge in [-0.1, -0.05) is 6.07 Å². The second-order valence-corrected chi connectivity index (χ2v) is 8.29. The first-order valence-electron chi connectivity index (χ1n) is 10.4. The molecule has 2 aliphatic heterocycles. The van der Waals surface area contributed by atoms with Crippen LogP contribution in [0.3, 0.4) is 0 Å². The molecule has 3 aliphatic rings. The molecule has 0 bridgehead atoms. The Morgan fingerprint density at radius 3 is 2.79 bits per heavy atom. The van der Waals surface area contributed by atoms with Gasteiger partial charge >= 0.3 is 0 Å². The second kappa shape index (κ2) is 7.17. The average Bonchev–Trinajstić information content (AvgIpc) is 3.49. The third-order valence-corrected chi connectivity index (χ3v) is 6.16. The summed E-state index contributed by atoms with van der Waals surface area (Å²) >= 11 is 0. The van der Waals surface area contributed by atoms with Crippen LogP contribution in [0, 0.1) is 5.92 Å². The number of carbonyl (C=O) groups excluding carboxylic acids is 2. The van der Waals surface area contributed by atoms with Crippen molar-refractivity contribution in [3.8, 4) is 16.9 Å².